The Morgan fingerprint density at radius 2 is 2.00 bits per heavy atom. The van der Waals surface area contributed by atoms with Gasteiger partial charge in [-0.1, -0.05) is 34.1 Å². The summed E-state index contributed by atoms with van der Waals surface area (Å²) in [7, 11) is 0. The number of alkyl halides is 2. The highest BCUT2D eigenvalue weighted by Crippen LogP contribution is 2.19. The maximum absolute atomic E-state index is 12.3. The largest absolute Gasteiger partial charge is 0.492 e. The van der Waals surface area contributed by atoms with Crippen LogP contribution in [0.15, 0.2) is 30.3 Å². The Hall–Kier alpha value is -0.570. The number of rotatable bonds is 4. The van der Waals surface area contributed by atoms with Crippen LogP contribution in [-0.2, 0) is 0 Å². The molecule has 0 saturated carbocycles. The molecule has 0 heterocycles. The van der Waals surface area contributed by atoms with Crippen LogP contribution >= 0.6 is 15.9 Å². The van der Waals surface area contributed by atoms with E-state index in [2.05, 4.69) is 15.9 Å². The second kappa shape index (κ2) is 4.61. The quantitative estimate of drug-likeness (QED) is 0.742. The van der Waals surface area contributed by atoms with E-state index in [1.54, 1.807) is 6.92 Å². The highest BCUT2D eigenvalue weighted by molar-refractivity contribution is 9.10. The van der Waals surface area contributed by atoms with Gasteiger partial charge in [0.1, 0.15) is 19.0 Å². The summed E-state index contributed by atoms with van der Waals surface area (Å²) in [6, 6.07) is 9.38. The van der Waals surface area contributed by atoms with Crippen LogP contribution in [0.25, 0.3) is 0 Å². The molecular formula is C10H12BrFO. The van der Waals surface area contributed by atoms with Gasteiger partial charge >= 0.3 is 0 Å². The third-order valence-electron chi connectivity index (χ3n) is 1.56. The Labute approximate surface area is 86.0 Å². The number of hydrogen-bond donors (Lipinski definition) is 0. The van der Waals surface area contributed by atoms with Crippen molar-refractivity contribution < 1.29 is 9.13 Å². The average Bonchev–Trinajstić information content (AvgIpc) is 2.17. The number of benzene rings is 1. The van der Waals surface area contributed by atoms with Gasteiger partial charge in [-0.05, 0) is 19.1 Å². The van der Waals surface area contributed by atoms with Crippen molar-refractivity contribution in [1.82, 2.24) is 0 Å². The van der Waals surface area contributed by atoms with E-state index in [1.165, 1.54) is 0 Å². The predicted molar refractivity (Wildman–Crippen MR) is 55.2 cm³/mol. The highest BCUT2D eigenvalue weighted by Gasteiger charge is 2.20. The lowest BCUT2D eigenvalue weighted by molar-refractivity contribution is 0.254. The maximum Gasteiger partial charge on any atom is 0.119 e. The first-order valence-corrected chi connectivity index (χ1v) is 4.86. The van der Waals surface area contributed by atoms with Crippen LogP contribution in [0.2, 0.25) is 0 Å². The van der Waals surface area contributed by atoms with Crippen molar-refractivity contribution in [3.05, 3.63) is 30.3 Å². The molecule has 13 heavy (non-hydrogen) atoms. The van der Waals surface area contributed by atoms with Crippen molar-refractivity contribution in [3.63, 3.8) is 0 Å². The summed E-state index contributed by atoms with van der Waals surface area (Å²) < 4.78 is 17.1. The first kappa shape index (κ1) is 10.5. The summed E-state index contributed by atoms with van der Waals surface area (Å²) in [6.45, 7) is 1.64. The van der Waals surface area contributed by atoms with Crippen molar-refractivity contribution in [1.29, 1.82) is 0 Å². The monoisotopic (exact) mass is 246 g/mol. The molecule has 0 fully saturated rings. The molecule has 0 amide bonds. The fourth-order valence-electron chi connectivity index (χ4n) is 0.789. The lowest BCUT2D eigenvalue weighted by atomic mass is 10.2. The molecule has 0 bridgehead atoms. The van der Waals surface area contributed by atoms with Gasteiger partial charge in [0, 0.05) is 0 Å². The fraction of sp³-hybridized carbons (Fsp3) is 0.400. The van der Waals surface area contributed by atoms with E-state index >= 15 is 0 Å². The highest BCUT2D eigenvalue weighted by atomic mass is 79.9. The summed E-state index contributed by atoms with van der Waals surface area (Å²) in [5, 5.41) is 0. The second-order valence-electron chi connectivity index (χ2n) is 3.15. The Bertz CT molecular complexity index is 248. The number of halogens is 2. The Morgan fingerprint density at radius 1 is 1.38 bits per heavy atom. The van der Waals surface area contributed by atoms with Gasteiger partial charge in [-0.25, -0.2) is 4.39 Å². The third kappa shape index (κ3) is 3.77. The van der Waals surface area contributed by atoms with E-state index in [-0.39, 0.29) is 0 Å². The summed E-state index contributed by atoms with van der Waals surface area (Å²) in [5.41, 5.74) is 0. The van der Waals surface area contributed by atoms with E-state index in [0.29, 0.717) is 6.61 Å². The molecule has 0 aliphatic heterocycles. The number of para-hydroxylation sites is 1. The van der Waals surface area contributed by atoms with Gasteiger partial charge in [0.25, 0.3) is 0 Å². The Morgan fingerprint density at radius 3 is 2.54 bits per heavy atom. The zero-order chi connectivity index (χ0) is 9.73. The van der Waals surface area contributed by atoms with Gasteiger partial charge in [0.2, 0.25) is 0 Å². The number of ether oxygens (including phenoxy) is 1. The second-order valence-corrected chi connectivity index (χ2v) is 5.06. The molecule has 1 aromatic rings. The summed E-state index contributed by atoms with van der Waals surface area (Å²) in [6.07, 6.45) is 0. The van der Waals surface area contributed by atoms with E-state index in [9.17, 15) is 4.39 Å². The summed E-state index contributed by atoms with van der Waals surface area (Å²) >= 11 is 3.24. The molecule has 72 valence electrons. The maximum atomic E-state index is 12.3. The van der Waals surface area contributed by atoms with Crippen LogP contribution < -0.4 is 4.74 Å². The topological polar surface area (TPSA) is 9.23 Å². The van der Waals surface area contributed by atoms with Gasteiger partial charge in [-0.3, -0.25) is 0 Å². The van der Waals surface area contributed by atoms with Crippen molar-refractivity contribution in [2.45, 2.75) is 11.2 Å². The molecule has 0 radical (unpaired) electrons. The predicted octanol–water partition coefficient (Wildman–Crippen LogP) is 3.19. The smallest absolute Gasteiger partial charge is 0.119 e. The molecule has 0 aliphatic rings. The standard InChI is InChI=1S/C10H12BrFO/c1-10(11,7-12)8-13-9-5-3-2-4-6-9/h2-6H,7-8H2,1H3. The first-order valence-electron chi connectivity index (χ1n) is 4.07. The molecule has 0 N–H and O–H groups in total. The Kier molecular flexibility index (Phi) is 3.72. The van der Waals surface area contributed by atoms with Gasteiger partial charge < -0.3 is 4.74 Å². The third-order valence-corrected chi connectivity index (χ3v) is 2.00. The minimum absolute atomic E-state index is 0.327. The van der Waals surface area contributed by atoms with Gasteiger partial charge in [0.05, 0.1) is 4.32 Å². The minimum Gasteiger partial charge on any atom is -0.492 e. The van der Waals surface area contributed by atoms with Crippen molar-refractivity contribution in [2.75, 3.05) is 13.3 Å². The average molecular weight is 247 g/mol. The van der Waals surface area contributed by atoms with Crippen LogP contribution in [0.4, 0.5) is 4.39 Å². The SMILES string of the molecule is CC(Br)(CF)COc1ccccc1. The molecule has 1 unspecified atom stereocenters. The molecule has 0 aromatic heterocycles. The van der Waals surface area contributed by atoms with Crippen LogP contribution in [0.5, 0.6) is 5.75 Å². The van der Waals surface area contributed by atoms with E-state index in [0.717, 1.165) is 5.75 Å². The van der Waals surface area contributed by atoms with Crippen LogP contribution in [0, 0.1) is 0 Å². The lowest BCUT2D eigenvalue weighted by Crippen LogP contribution is -2.27. The molecule has 1 atom stereocenters. The molecule has 0 saturated heterocycles. The van der Waals surface area contributed by atoms with E-state index in [4.69, 9.17) is 4.74 Å². The molecule has 1 aromatic carbocycles. The summed E-state index contributed by atoms with van der Waals surface area (Å²) in [4.78, 5) is 0. The molecule has 0 spiro atoms. The van der Waals surface area contributed by atoms with Crippen LogP contribution in [0.3, 0.4) is 0 Å². The van der Waals surface area contributed by atoms with Gasteiger partial charge in [-0.2, -0.15) is 0 Å². The van der Waals surface area contributed by atoms with E-state index < -0.39 is 11.0 Å². The fourth-order valence-corrected chi connectivity index (χ4v) is 0.904. The van der Waals surface area contributed by atoms with E-state index in [1.807, 2.05) is 30.3 Å². The van der Waals surface area contributed by atoms with Crippen LogP contribution in [0.1, 0.15) is 6.92 Å². The first-order chi connectivity index (χ1) is 6.14. The number of hydrogen-bond acceptors (Lipinski definition) is 1. The molecular weight excluding hydrogens is 235 g/mol. The zero-order valence-electron chi connectivity index (χ0n) is 7.47. The molecule has 1 nitrogen and oxygen atoms in total. The lowest BCUT2D eigenvalue weighted by Gasteiger charge is -2.18. The van der Waals surface area contributed by atoms with Gasteiger partial charge in [-0.15, -0.1) is 0 Å². The van der Waals surface area contributed by atoms with Crippen molar-refractivity contribution in [3.8, 4) is 5.75 Å². The molecule has 3 heteroatoms. The summed E-state index contributed by atoms with van der Waals surface area (Å²) in [5.74, 6) is 0.765. The minimum atomic E-state index is -0.581. The van der Waals surface area contributed by atoms with Gasteiger partial charge in [0.15, 0.2) is 0 Å². The van der Waals surface area contributed by atoms with Crippen LogP contribution in [-0.4, -0.2) is 17.6 Å². The Balaban J connectivity index is 2.44. The zero-order valence-corrected chi connectivity index (χ0v) is 9.05. The molecule has 0 aliphatic carbocycles. The van der Waals surface area contributed by atoms with Crippen molar-refractivity contribution in [2.24, 2.45) is 0 Å². The normalized spacial score (nSPS) is 15.0. The molecule has 1 rings (SSSR count). The van der Waals surface area contributed by atoms with Crippen molar-refractivity contribution >= 4 is 15.9 Å².